The second-order valence-electron chi connectivity index (χ2n) is 3.96. The molecule has 2 unspecified atom stereocenters. The molecule has 0 aliphatic rings. The van der Waals surface area contributed by atoms with Crippen molar-refractivity contribution in [2.24, 2.45) is 17.8 Å². The lowest BCUT2D eigenvalue weighted by molar-refractivity contribution is 0.165. The number of hydrogen-bond acceptors (Lipinski definition) is 1. The molecule has 68 valence electrons. The molecule has 1 heteroatoms. The van der Waals surface area contributed by atoms with Crippen LogP contribution in [0, 0.1) is 17.8 Å². The Morgan fingerprint density at radius 3 is 2.00 bits per heavy atom. The molecule has 0 saturated heterocycles. The van der Waals surface area contributed by atoms with Crippen molar-refractivity contribution in [1.82, 2.24) is 0 Å². The maximum atomic E-state index is 9.01. The second-order valence-corrected chi connectivity index (χ2v) is 3.96. The standard InChI is InChI=1S/C10H22O/c1-5-10(7-11)9(4)6-8(2)3/h8-11H,5-7H2,1-4H3. The zero-order chi connectivity index (χ0) is 8.85. The van der Waals surface area contributed by atoms with E-state index in [1.54, 1.807) is 0 Å². The van der Waals surface area contributed by atoms with E-state index in [9.17, 15) is 0 Å². The maximum Gasteiger partial charge on any atom is 0.0461 e. The second kappa shape index (κ2) is 5.59. The zero-order valence-corrected chi connectivity index (χ0v) is 8.30. The summed E-state index contributed by atoms with van der Waals surface area (Å²) in [5.74, 6) is 1.94. The molecule has 0 aromatic heterocycles. The third-order valence-electron chi connectivity index (χ3n) is 2.41. The van der Waals surface area contributed by atoms with Crippen LogP contribution in [0.1, 0.15) is 40.5 Å². The summed E-state index contributed by atoms with van der Waals surface area (Å²) < 4.78 is 0. The Bertz CT molecular complexity index is 84.9. The van der Waals surface area contributed by atoms with Crippen LogP contribution in [0.2, 0.25) is 0 Å². The molecule has 11 heavy (non-hydrogen) atoms. The molecule has 0 spiro atoms. The molecule has 0 aromatic rings. The van der Waals surface area contributed by atoms with Gasteiger partial charge in [0.25, 0.3) is 0 Å². The largest absolute Gasteiger partial charge is 0.396 e. The monoisotopic (exact) mass is 158 g/mol. The van der Waals surface area contributed by atoms with Crippen molar-refractivity contribution in [2.75, 3.05) is 6.61 Å². The Morgan fingerprint density at radius 1 is 1.18 bits per heavy atom. The van der Waals surface area contributed by atoms with Crippen LogP contribution in [0.3, 0.4) is 0 Å². The molecule has 1 N–H and O–H groups in total. The highest BCUT2D eigenvalue weighted by Gasteiger charge is 2.14. The third-order valence-corrected chi connectivity index (χ3v) is 2.41. The van der Waals surface area contributed by atoms with Crippen LogP contribution < -0.4 is 0 Å². The molecule has 0 amide bonds. The van der Waals surface area contributed by atoms with Gasteiger partial charge in [0, 0.05) is 6.61 Å². The summed E-state index contributed by atoms with van der Waals surface area (Å²) in [5, 5.41) is 9.01. The van der Waals surface area contributed by atoms with Gasteiger partial charge in [-0.15, -0.1) is 0 Å². The Labute approximate surface area is 70.8 Å². The van der Waals surface area contributed by atoms with Crippen molar-refractivity contribution >= 4 is 0 Å². The smallest absolute Gasteiger partial charge is 0.0461 e. The number of rotatable bonds is 5. The van der Waals surface area contributed by atoms with Crippen LogP contribution in [-0.4, -0.2) is 11.7 Å². The van der Waals surface area contributed by atoms with E-state index >= 15 is 0 Å². The summed E-state index contributed by atoms with van der Waals surface area (Å²) in [4.78, 5) is 0. The molecule has 0 rings (SSSR count). The van der Waals surface area contributed by atoms with Crippen LogP contribution in [0.15, 0.2) is 0 Å². The van der Waals surface area contributed by atoms with Crippen LogP contribution in [0.5, 0.6) is 0 Å². The first-order valence-corrected chi connectivity index (χ1v) is 4.72. The topological polar surface area (TPSA) is 20.2 Å². The van der Waals surface area contributed by atoms with E-state index in [2.05, 4.69) is 27.7 Å². The van der Waals surface area contributed by atoms with E-state index in [-0.39, 0.29) is 0 Å². The molecule has 0 aromatic carbocycles. The van der Waals surface area contributed by atoms with E-state index in [1.165, 1.54) is 6.42 Å². The van der Waals surface area contributed by atoms with Gasteiger partial charge in [0.15, 0.2) is 0 Å². The first-order valence-electron chi connectivity index (χ1n) is 4.72. The molecule has 0 bridgehead atoms. The van der Waals surface area contributed by atoms with Crippen molar-refractivity contribution < 1.29 is 5.11 Å². The molecule has 1 nitrogen and oxygen atoms in total. The Morgan fingerprint density at radius 2 is 1.73 bits per heavy atom. The van der Waals surface area contributed by atoms with Crippen LogP contribution in [0.4, 0.5) is 0 Å². The normalized spacial score (nSPS) is 16.9. The average Bonchev–Trinajstić information content (AvgIpc) is 1.88. The highest BCUT2D eigenvalue weighted by molar-refractivity contribution is 4.65. The van der Waals surface area contributed by atoms with Crippen molar-refractivity contribution in [3.05, 3.63) is 0 Å². The van der Waals surface area contributed by atoms with Crippen molar-refractivity contribution in [3.63, 3.8) is 0 Å². The van der Waals surface area contributed by atoms with Crippen molar-refractivity contribution in [1.29, 1.82) is 0 Å². The zero-order valence-electron chi connectivity index (χ0n) is 8.30. The molecule has 2 atom stereocenters. The Kier molecular flexibility index (Phi) is 5.57. The van der Waals surface area contributed by atoms with Gasteiger partial charge in [-0.25, -0.2) is 0 Å². The van der Waals surface area contributed by atoms with E-state index in [1.807, 2.05) is 0 Å². The van der Waals surface area contributed by atoms with Gasteiger partial charge in [0.2, 0.25) is 0 Å². The minimum atomic E-state index is 0.352. The number of hydrogen-bond donors (Lipinski definition) is 1. The number of aliphatic hydroxyl groups is 1. The van der Waals surface area contributed by atoms with Crippen LogP contribution in [-0.2, 0) is 0 Å². The fraction of sp³-hybridized carbons (Fsp3) is 1.00. The molecule has 0 aliphatic carbocycles. The van der Waals surface area contributed by atoms with Gasteiger partial charge in [-0.3, -0.25) is 0 Å². The minimum Gasteiger partial charge on any atom is -0.396 e. The molecular weight excluding hydrogens is 136 g/mol. The summed E-state index contributed by atoms with van der Waals surface area (Å²) in [6.45, 7) is 9.22. The summed E-state index contributed by atoms with van der Waals surface area (Å²) in [6, 6.07) is 0. The van der Waals surface area contributed by atoms with E-state index in [4.69, 9.17) is 5.11 Å². The van der Waals surface area contributed by atoms with Gasteiger partial charge in [0.05, 0.1) is 0 Å². The van der Waals surface area contributed by atoms with Crippen LogP contribution >= 0.6 is 0 Å². The van der Waals surface area contributed by atoms with Gasteiger partial charge in [-0.1, -0.05) is 34.1 Å². The highest BCUT2D eigenvalue weighted by Crippen LogP contribution is 2.21. The lowest BCUT2D eigenvalue weighted by Crippen LogP contribution is -2.16. The fourth-order valence-corrected chi connectivity index (χ4v) is 1.65. The van der Waals surface area contributed by atoms with Crippen molar-refractivity contribution in [3.8, 4) is 0 Å². The predicted octanol–water partition coefficient (Wildman–Crippen LogP) is 2.69. The van der Waals surface area contributed by atoms with Gasteiger partial charge in [-0.2, -0.15) is 0 Å². The first-order chi connectivity index (χ1) is 5.11. The molecule has 0 heterocycles. The summed E-state index contributed by atoms with van der Waals surface area (Å²) >= 11 is 0. The summed E-state index contributed by atoms with van der Waals surface area (Å²) in [6.07, 6.45) is 2.34. The average molecular weight is 158 g/mol. The van der Waals surface area contributed by atoms with Gasteiger partial charge >= 0.3 is 0 Å². The van der Waals surface area contributed by atoms with Crippen molar-refractivity contribution in [2.45, 2.75) is 40.5 Å². The highest BCUT2D eigenvalue weighted by atomic mass is 16.3. The van der Waals surface area contributed by atoms with Gasteiger partial charge < -0.3 is 5.11 Å². The van der Waals surface area contributed by atoms with Gasteiger partial charge in [-0.05, 0) is 24.2 Å². The van der Waals surface area contributed by atoms with Crippen LogP contribution in [0.25, 0.3) is 0 Å². The molecule has 0 saturated carbocycles. The first kappa shape index (κ1) is 11.0. The summed E-state index contributed by atoms with van der Waals surface area (Å²) in [7, 11) is 0. The predicted molar refractivity (Wildman–Crippen MR) is 49.5 cm³/mol. The minimum absolute atomic E-state index is 0.352. The Hall–Kier alpha value is -0.0400. The SMILES string of the molecule is CCC(CO)C(C)CC(C)C. The van der Waals surface area contributed by atoms with Gasteiger partial charge in [0.1, 0.15) is 0 Å². The Balaban J connectivity index is 3.68. The van der Waals surface area contributed by atoms with E-state index in [0.717, 1.165) is 12.3 Å². The lowest BCUT2D eigenvalue weighted by atomic mass is 9.86. The molecule has 0 radical (unpaired) electrons. The molecular formula is C10H22O. The maximum absolute atomic E-state index is 9.01. The number of aliphatic hydroxyl groups excluding tert-OH is 1. The fourth-order valence-electron chi connectivity index (χ4n) is 1.65. The van der Waals surface area contributed by atoms with E-state index < -0.39 is 0 Å². The lowest BCUT2D eigenvalue weighted by Gasteiger charge is -2.21. The summed E-state index contributed by atoms with van der Waals surface area (Å²) in [5.41, 5.74) is 0. The third kappa shape index (κ3) is 4.41. The van der Waals surface area contributed by atoms with E-state index in [0.29, 0.717) is 18.4 Å². The quantitative estimate of drug-likeness (QED) is 0.652. The molecule has 0 fully saturated rings. The molecule has 0 aliphatic heterocycles.